The Morgan fingerprint density at radius 2 is 1.88 bits per heavy atom. The smallest absolute Gasteiger partial charge is 0.328 e. The Morgan fingerprint density at radius 1 is 1.12 bits per heavy atom. The Morgan fingerprint density at radius 3 is 2.74 bits per heavy atom. The second-order valence-corrected chi connectivity index (χ2v) is 8.24. The predicted molar refractivity (Wildman–Crippen MR) is 124 cm³/mol. The van der Waals surface area contributed by atoms with Crippen LogP contribution in [0.1, 0.15) is 10.4 Å². The number of para-hydroxylation sites is 2. The topological polar surface area (TPSA) is 147 Å². The van der Waals surface area contributed by atoms with Crippen molar-refractivity contribution in [1.29, 1.82) is 0 Å². The van der Waals surface area contributed by atoms with Gasteiger partial charge in [-0.25, -0.2) is 4.79 Å². The number of carbonyl (C=O) groups is 1. The van der Waals surface area contributed by atoms with Crippen LogP contribution in [-0.2, 0) is 11.3 Å². The minimum Gasteiger partial charge on any atom is -0.388 e. The van der Waals surface area contributed by atoms with Crippen LogP contribution in [0.25, 0.3) is 21.8 Å². The van der Waals surface area contributed by atoms with Gasteiger partial charge in [-0.3, -0.25) is 24.1 Å². The number of aromatic nitrogens is 3. The molecule has 0 unspecified atom stereocenters. The van der Waals surface area contributed by atoms with Crippen LogP contribution in [0.4, 0.5) is 0 Å². The van der Waals surface area contributed by atoms with Crippen molar-refractivity contribution in [3.8, 4) is 0 Å². The third kappa shape index (κ3) is 3.98. The second-order valence-electron chi connectivity index (χ2n) is 8.24. The van der Waals surface area contributed by atoms with E-state index in [1.54, 1.807) is 30.3 Å². The van der Waals surface area contributed by atoms with Crippen LogP contribution in [0.5, 0.6) is 0 Å². The standard InChI is InChI=1S/C24H22N4O6/c29-20-17(26-22(31)14-9-13-5-1-3-7-16(13)25-10-14)12-34-19(21(20)30)11-28-18-8-4-2-6-15(18)23(32)27-24(28)33/h1-10,17,19-21,29-30H,11-12H2,(H,26,31)(H,27,32,33)/t17-,19-,20+,21-/m1/s1. The average molecular weight is 462 g/mol. The maximum atomic E-state index is 12.7. The summed E-state index contributed by atoms with van der Waals surface area (Å²) in [7, 11) is 0. The number of hydrogen-bond acceptors (Lipinski definition) is 7. The molecule has 4 N–H and O–H groups in total. The highest BCUT2D eigenvalue weighted by atomic mass is 16.5. The van der Waals surface area contributed by atoms with Gasteiger partial charge in [0.05, 0.1) is 41.2 Å². The molecule has 0 bridgehead atoms. The number of aromatic amines is 1. The summed E-state index contributed by atoms with van der Waals surface area (Å²) in [6.45, 7) is -0.171. The number of aliphatic hydroxyl groups is 2. The molecular formula is C24H22N4O6. The molecule has 1 saturated heterocycles. The summed E-state index contributed by atoms with van der Waals surface area (Å²) >= 11 is 0. The van der Waals surface area contributed by atoms with Gasteiger partial charge >= 0.3 is 5.69 Å². The molecule has 0 saturated carbocycles. The first kappa shape index (κ1) is 22.0. The quantitative estimate of drug-likeness (QED) is 0.338. The van der Waals surface area contributed by atoms with E-state index in [4.69, 9.17) is 4.74 Å². The lowest BCUT2D eigenvalue weighted by molar-refractivity contribution is -0.152. The van der Waals surface area contributed by atoms with Crippen molar-refractivity contribution in [3.63, 3.8) is 0 Å². The summed E-state index contributed by atoms with van der Waals surface area (Å²) < 4.78 is 7.01. The van der Waals surface area contributed by atoms with Crippen LogP contribution in [0.2, 0.25) is 0 Å². The fourth-order valence-corrected chi connectivity index (χ4v) is 4.22. The molecule has 10 heteroatoms. The molecule has 2 aromatic heterocycles. The number of ether oxygens (including phenoxy) is 1. The normalized spacial score (nSPS) is 22.6. The molecule has 3 heterocycles. The molecule has 1 aliphatic heterocycles. The maximum absolute atomic E-state index is 12.7. The second kappa shape index (κ2) is 8.82. The SMILES string of the molecule is O=C(N[C@@H]1CO[C@H](Cn2c(=O)[nH]c(=O)c3ccccc32)[C@@H](O)[C@H]1O)c1cnc2ccccc2c1. The molecule has 2 aromatic carbocycles. The lowest BCUT2D eigenvalue weighted by atomic mass is 9.97. The zero-order valence-corrected chi connectivity index (χ0v) is 17.9. The summed E-state index contributed by atoms with van der Waals surface area (Å²) in [6, 6.07) is 14.8. The summed E-state index contributed by atoms with van der Waals surface area (Å²) in [4.78, 5) is 43.7. The number of pyridine rings is 1. The molecule has 4 atom stereocenters. The number of fused-ring (bicyclic) bond motifs is 2. The van der Waals surface area contributed by atoms with Crippen LogP contribution < -0.4 is 16.6 Å². The van der Waals surface area contributed by atoms with Gasteiger partial charge in [-0.2, -0.15) is 0 Å². The Kier molecular flexibility index (Phi) is 5.70. The molecule has 0 radical (unpaired) electrons. The van der Waals surface area contributed by atoms with Crippen molar-refractivity contribution < 1.29 is 19.7 Å². The van der Waals surface area contributed by atoms with E-state index in [0.717, 1.165) is 10.9 Å². The number of amides is 1. The molecule has 0 aliphatic carbocycles. The summed E-state index contributed by atoms with van der Waals surface area (Å²) in [5.41, 5.74) is 0.305. The molecule has 1 aliphatic rings. The van der Waals surface area contributed by atoms with Gasteiger partial charge in [0, 0.05) is 11.6 Å². The monoisotopic (exact) mass is 462 g/mol. The molecule has 174 valence electrons. The molecule has 0 spiro atoms. The first-order chi connectivity index (χ1) is 16.4. The number of aliphatic hydroxyl groups excluding tert-OH is 2. The van der Waals surface area contributed by atoms with E-state index < -0.39 is 41.5 Å². The summed E-state index contributed by atoms with van der Waals surface area (Å²) in [5, 5.41) is 25.2. The van der Waals surface area contributed by atoms with Gasteiger partial charge in [-0.1, -0.05) is 30.3 Å². The molecule has 5 rings (SSSR count). The number of rotatable bonds is 4. The van der Waals surface area contributed by atoms with Crippen LogP contribution in [0.3, 0.4) is 0 Å². The number of nitrogens with one attached hydrogen (secondary N) is 2. The van der Waals surface area contributed by atoms with Gasteiger partial charge in [0.25, 0.3) is 11.5 Å². The van der Waals surface area contributed by atoms with Crippen LogP contribution in [0.15, 0.2) is 70.4 Å². The Balaban J connectivity index is 1.31. The number of benzene rings is 2. The molecule has 1 amide bonds. The van der Waals surface area contributed by atoms with Gasteiger partial charge in [0.15, 0.2) is 0 Å². The highest BCUT2D eigenvalue weighted by Gasteiger charge is 2.39. The van der Waals surface area contributed by atoms with E-state index in [-0.39, 0.29) is 13.2 Å². The van der Waals surface area contributed by atoms with Crippen LogP contribution in [-0.4, -0.2) is 61.6 Å². The van der Waals surface area contributed by atoms with Gasteiger partial charge in [-0.05, 0) is 24.3 Å². The highest BCUT2D eigenvalue weighted by molar-refractivity contribution is 5.97. The van der Waals surface area contributed by atoms with Crippen molar-refractivity contribution in [2.45, 2.75) is 30.9 Å². The van der Waals surface area contributed by atoms with Crippen molar-refractivity contribution in [2.75, 3.05) is 6.61 Å². The molecule has 10 nitrogen and oxygen atoms in total. The first-order valence-corrected chi connectivity index (χ1v) is 10.8. The van der Waals surface area contributed by atoms with Crippen molar-refractivity contribution in [1.82, 2.24) is 19.9 Å². The fraction of sp³-hybridized carbons (Fsp3) is 0.250. The van der Waals surface area contributed by atoms with Crippen LogP contribution >= 0.6 is 0 Å². The van der Waals surface area contributed by atoms with E-state index >= 15 is 0 Å². The highest BCUT2D eigenvalue weighted by Crippen LogP contribution is 2.19. The third-order valence-corrected chi connectivity index (χ3v) is 6.07. The summed E-state index contributed by atoms with van der Waals surface area (Å²) in [5.74, 6) is -0.459. The van der Waals surface area contributed by atoms with Gasteiger partial charge < -0.3 is 20.3 Å². The summed E-state index contributed by atoms with van der Waals surface area (Å²) in [6.07, 6.45) is -2.20. The average Bonchev–Trinajstić information content (AvgIpc) is 2.85. The van der Waals surface area contributed by atoms with Gasteiger partial charge in [0.2, 0.25) is 0 Å². The fourth-order valence-electron chi connectivity index (χ4n) is 4.22. The lowest BCUT2D eigenvalue weighted by Crippen LogP contribution is -2.60. The Bertz CT molecular complexity index is 1500. The molecule has 1 fully saturated rings. The molecule has 34 heavy (non-hydrogen) atoms. The minimum atomic E-state index is -1.38. The first-order valence-electron chi connectivity index (χ1n) is 10.8. The zero-order valence-electron chi connectivity index (χ0n) is 17.9. The number of hydrogen-bond donors (Lipinski definition) is 4. The lowest BCUT2D eigenvalue weighted by Gasteiger charge is -2.38. The Hall–Kier alpha value is -3.86. The predicted octanol–water partition coefficient (Wildman–Crippen LogP) is 0.157. The van der Waals surface area contributed by atoms with Gasteiger partial charge in [-0.15, -0.1) is 0 Å². The Labute approximate surface area is 192 Å². The molecular weight excluding hydrogens is 440 g/mol. The van der Waals surface area contributed by atoms with Crippen molar-refractivity contribution in [3.05, 3.63) is 87.2 Å². The van der Waals surface area contributed by atoms with E-state index in [1.807, 2.05) is 24.3 Å². The molecule has 4 aromatic rings. The van der Waals surface area contributed by atoms with E-state index in [9.17, 15) is 24.6 Å². The largest absolute Gasteiger partial charge is 0.388 e. The van der Waals surface area contributed by atoms with Crippen molar-refractivity contribution in [2.24, 2.45) is 0 Å². The van der Waals surface area contributed by atoms with E-state index in [0.29, 0.717) is 16.5 Å². The van der Waals surface area contributed by atoms with E-state index in [1.165, 1.54) is 10.8 Å². The zero-order chi connectivity index (χ0) is 23.8. The third-order valence-electron chi connectivity index (χ3n) is 6.07. The van der Waals surface area contributed by atoms with Crippen LogP contribution in [0, 0.1) is 0 Å². The maximum Gasteiger partial charge on any atom is 0.328 e. The number of H-pyrrole nitrogens is 1. The number of carbonyl (C=O) groups excluding carboxylic acids is 1. The van der Waals surface area contributed by atoms with E-state index in [2.05, 4.69) is 15.3 Å². The van der Waals surface area contributed by atoms with Gasteiger partial charge in [0.1, 0.15) is 18.3 Å². The van der Waals surface area contributed by atoms with Crippen molar-refractivity contribution >= 4 is 27.7 Å². The minimum absolute atomic E-state index is 0.0777. The number of nitrogens with zero attached hydrogens (tertiary/aromatic N) is 2.